The van der Waals surface area contributed by atoms with Crippen molar-refractivity contribution in [3.05, 3.63) is 35.9 Å². The summed E-state index contributed by atoms with van der Waals surface area (Å²) in [4.78, 5) is 12.2. The number of amides is 1. The van der Waals surface area contributed by atoms with E-state index in [1.54, 1.807) is 6.92 Å². The number of ether oxygens (including phenoxy) is 1. The van der Waals surface area contributed by atoms with Crippen molar-refractivity contribution in [2.75, 3.05) is 6.61 Å². The average molecular weight is 371 g/mol. The van der Waals surface area contributed by atoms with Gasteiger partial charge in [-0.15, -0.1) is 0 Å². The third-order valence-corrected chi connectivity index (χ3v) is 7.61. The fraction of sp³-hybridized carbons (Fsp3) is 0.696. The van der Waals surface area contributed by atoms with Gasteiger partial charge in [0.1, 0.15) is 0 Å². The summed E-state index contributed by atoms with van der Waals surface area (Å²) in [6.45, 7) is 9.38. The largest absolute Gasteiger partial charge is 0.377 e. The maximum atomic E-state index is 12.2. The van der Waals surface area contributed by atoms with E-state index in [0.29, 0.717) is 23.8 Å². The first-order valence-corrected chi connectivity index (χ1v) is 10.5. The van der Waals surface area contributed by atoms with Gasteiger partial charge in [0.15, 0.2) is 0 Å². The molecule has 1 saturated carbocycles. The van der Waals surface area contributed by atoms with Gasteiger partial charge in [0.05, 0.1) is 11.6 Å². The van der Waals surface area contributed by atoms with Crippen LogP contribution in [-0.2, 0) is 16.0 Å². The van der Waals surface area contributed by atoms with Crippen LogP contribution in [0.1, 0.15) is 52.5 Å². The number of fused-ring (bicyclic) bond motifs is 4. The summed E-state index contributed by atoms with van der Waals surface area (Å²) in [5.41, 5.74) is 1.30. The molecule has 2 saturated heterocycles. The van der Waals surface area contributed by atoms with Gasteiger partial charge >= 0.3 is 0 Å². The van der Waals surface area contributed by atoms with Crippen molar-refractivity contribution >= 4 is 5.91 Å². The molecule has 2 heterocycles. The van der Waals surface area contributed by atoms with E-state index in [1.165, 1.54) is 12.0 Å². The van der Waals surface area contributed by atoms with Crippen LogP contribution >= 0.6 is 0 Å². The van der Waals surface area contributed by atoms with Crippen LogP contribution in [0.3, 0.4) is 0 Å². The molecular weight excluding hydrogens is 336 g/mol. The van der Waals surface area contributed by atoms with Gasteiger partial charge in [0, 0.05) is 31.0 Å². The lowest BCUT2D eigenvalue weighted by molar-refractivity contribution is -0.158. The molecule has 0 unspecified atom stereocenters. The molecular formula is C23H34N2O2. The fourth-order valence-electron chi connectivity index (χ4n) is 6.42. The molecule has 148 valence electrons. The van der Waals surface area contributed by atoms with Crippen LogP contribution in [0.15, 0.2) is 30.3 Å². The first-order chi connectivity index (χ1) is 12.8. The van der Waals surface area contributed by atoms with E-state index < -0.39 is 0 Å². The normalized spacial score (nSPS) is 40.1. The highest BCUT2D eigenvalue weighted by Gasteiger charge is 2.60. The lowest BCUT2D eigenvalue weighted by Crippen LogP contribution is -2.75. The van der Waals surface area contributed by atoms with Crippen LogP contribution in [0.2, 0.25) is 0 Å². The van der Waals surface area contributed by atoms with E-state index >= 15 is 0 Å². The summed E-state index contributed by atoms with van der Waals surface area (Å²) in [7, 11) is 0. The van der Waals surface area contributed by atoms with E-state index in [2.05, 4.69) is 61.7 Å². The summed E-state index contributed by atoms with van der Waals surface area (Å²) in [5, 5.41) is 7.33. The Morgan fingerprint density at radius 3 is 2.63 bits per heavy atom. The summed E-state index contributed by atoms with van der Waals surface area (Å²) in [5.74, 6) is 1.53. The minimum absolute atomic E-state index is 0.0934. The van der Waals surface area contributed by atoms with Crippen molar-refractivity contribution in [2.45, 2.75) is 76.6 Å². The monoisotopic (exact) mass is 370 g/mol. The third kappa shape index (κ3) is 3.31. The zero-order valence-corrected chi connectivity index (χ0v) is 17.1. The molecule has 0 radical (unpaired) electrons. The van der Waals surface area contributed by atoms with Gasteiger partial charge in [-0.3, -0.25) is 4.79 Å². The van der Waals surface area contributed by atoms with Gasteiger partial charge < -0.3 is 15.4 Å². The third-order valence-electron chi connectivity index (χ3n) is 7.61. The second-order valence-electron chi connectivity index (χ2n) is 9.61. The lowest BCUT2D eigenvalue weighted by Gasteiger charge is -2.63. The zero-order chi connectivity index (χ0) is 19.2. The molecule has 1 aromatic carbocycles. The molecule has 1 aliphatic carbocycles. The van der Waals surface area contributed by atoms with Crippen LogP contribution in [-0.4, -0.2) is 35.7 Å². The summed E-state index contributed by atoms with van der Waals surface area (Å²) in [6.07, 6.45) is 4.32. The number of hydrogen-bond acceptors (Lipinski definition) is 3. The number of rotatable bonds is 3. The van der Waals surface area contributed by atoms with E-state index in [9.17, 15) is 4.79 Å². The smallest absolute Gasteiger partial charge is 0.217 e. The minimum Gasteiger partial charge on any atom is -0.377 e. The van der Waals surface area contributed by atoms with Gasteiger partial charge in [-0.25, -0.2) is 0 Å². The van der Waals surface area contributed by atoms with Crippen molar-refractivity contribution in [1.29, 1.82) is 0 Å². The van der Waals surface area contributed by atoms with Crippen LogP contribution in [0, 0.1) is 17.8 Å². The van der Waals surface area contributed by atoms with Gasteiger partial charge in [-0.2, -0.15) is 0 Å². The van der Waals surface area contributed by atoms with E-state index in [0.717, 1.165) is 25.9 Å². The number of benzene rings is 1. The second-order valence-corrected chi connectivity index (χ2v) is 9.61. The van der Waals surface area contributed by atoms with Crippen molar-refractivity contribution in [2.24, 2.45) is 17.8 Å². The highest BCUT2D eigenvalue weighted by molar-refractivity contribution is 5.74. The van der Waals surface area contributed by atoms with E-state index in [-0.39, 0.29) is 23.1 Å². The molecule has 1 amide bonds. The molecule has 3 fully saturated rings. The Bertz CT molecular complexity index is 689. The highest BCUT2D eigenvalue weighted by Crippen LogP contribution is 2.54. The van der Waals surface area contributed by atoms with Gasteiger partial charge in [0.2, 0.25) is 5.91 Å². The molecule has 2 aliphatic heterocycles. The Kier molecular flexibility index (Phi) is 4.84. The zero-order valence-electron chi connectivity index (χ0n) is 17.1. The Morgan fingerprint density at radius 2 is 1.93 bits per heavy atom. The average Bonchev–Trinajstić information content (AvgIpc) is 2.60. The molecule has 27 heavy (non-hydrogen) atoms. The van der Waals surface area contributed by atoms with Crippen molar-refractivity contribution in [3.63, 3.8) is 0 Å². The number of piperidine rings is 1. The van der Waals surface area contributed by atoms with E-state index in [4.69, 9.17) is 4.74 Å². The molecule has 0 spiro atoms. The Morgan fingerprint density at radius 1 is 1.22 bits per heavy atom. The molecule has 3 aliphatic rings. The van der Waals surface area contributed by atoms with Crippen LogP contribution in [0.25, 0.3) is 0 Å². The Balaban J connectivity index is 1.70. The van der Waals surface area contributed by atoms with E-state index in [1.807, 2.05) is 0 Å². The highest BCUT2D eigenvalue weighted by atomic mass is 16.5. The molecule has 2 bridgehead atoms. The summed E-state index contributed by atoms with van der Waals surface area (Å²) >= 11 is 0. The van der Waals surface area contributed by atoms with Gasteiger partial charge in [-0.05, 0) is 63.9 Å². The van der Waals surface area contributed by atoms with Crippen LogP contribution in [0.4, 0.5) is 0 Å². The standard InChI is InChI=1S/C23H34N2O2/c1-15-19-13-18(22(3,4)24-15)14-20-21(12-17-8-6-5-7-9-17)27-11-10-23(19,20)25-16(2)26/h5-9,15,18-21,24H,10-14H2,1-4H3,(H,25,26)/t15-,18-,19+,20+,21+,23+/m1/s1. The first-order valence-electron chi connectivity index (χ1n) is 10.5. The van der Waals surface area contributed by atoms with Gasteiger partial charge in [0.25, 0.3) is 0 Å². The molecule has 1 aromatic rings. The predicted molar refractivity (Wildman–Crippen MR) is 107 cm³/mol. The molecule has 2 N–H and O–H groups in total. The first kappa shape index (κ1) is 18.9. The fourth-order valence-corrected chi connectivity index (χ4v) is 6.42. The topological polar surface area (TPSA) is 50.4 Å². The van der Waals surface area contributed by atoms with Crippen LogP contribution in [0.5, 0.6) is 0 Å². The van der Waals surface area contributed by atoms with Crippen molar-refractivity contribution in [1.82, 2.24) is 10.6 Å². The Labute approximate surface area is 163 Å². The molecule has 4 heteroatoms. The van der Waals surface area contributed by atoms with Crippen LogP contribution < -0.4 is 10.6 Å². The summed E-state index contributed by atoms with van der Waals surface area (Å²) in [6, 6.07) is 11.0. The molecule has 4 rings (SSSR count). The molecule has 6 atom stereocenters. The quantitative estimate of drug-likeness (QED) is 0.858. The van der Waals surface area contributed by atoms with Crippen molar-refractivity contribution < 1.29 is 9.53 Å². The maximum Gasteiger partial charge on any atom is 0.217 e. The van der Waals surface area contributed by atoms with Gasteiger partial charge in [-0.1, -0.05) is 30.3 Å². The summed E-state index contributed by atoms with van der Waals surface area (Å²) < 4.78 is 6.35. The SMILES string of the molecule is CC(=O)N[C@]12CCO[C@@H](Cc3ccccc3)[C@@H]1C[C@H]1C[C@H]2[C@@H](C)NC1(C)C. The maximum absolute atomic E-state index is 12.2. The second kappa shape index (κ2) is 6.89. The Hall–Kier alpha value is -1.39. The molecule has 0 aromatic heterocycles. The lowest BCUT2D eigenvalue weighted by atomic mass is 9.52. The minimum atomic E-state index is -0.150. The number of nitrogens with one attached hydrogen (secondary N) is 2. The van der Waals surface area contributed by atoms with Crippen molar-refractivity contribution in [3.8, 4) is 0 Å². The number of carbonyl (C=O) groups excluding carboxylic acids is 1. The number of carbonyl (C=O) groups is 1. The predicted octanol–water partition coefficient (Wildman–Crippen LogP) is 3.31. The number of hydrogen-bond donors (Lipinski definition) is 2. The molecule has 4 nitrogen and oxygen atoms in total.